The average Bonchev–Trinajstić information content (AvgIpc) is 2.35. The van der Waals surface area contributed by atoms with Gasteiger partial charge in [0, 0.05) is 19.2 Å². The number of amides is 1. The van der Waals surface area contributed by atoms with Gasteiger partial charge in [-0.25, -0.2) is 0 Å². The van der Waals surface area contributed by atoms with Crippen LogP contribution in [0.3, 0.4) is 0 Å². The number of aliphatic carboxylic acids is 1. The first kappa shape index (κ1) is 11.4. The maximum absolute atomic E-state index is 11.7. The van der Waals surface area contributed by atoms with Crippen LogP contribution in [0.5, 0.6) is 0 Å². The highest BCUT2D eigenvalue weighted by Gasteiger charge is 2.18. The van der Waals surface area contributed by atoms with Gasteiger partial charge in [0.1, 0.15) is 0 Å². The molecule has 1 aliphatic rings. The summed E-state index contributed by atoms with van der Waals surface area (Å²) in [5, 5.41) is 10.2. The highest BCUT2D eigenvalue weighted by atomic mass is 16.4. The molecule has 1 heterocycles. The fourth-order valence-electron chi connectivity index (χ4n) is 1.93. The van der Waals surface area contributed by atoms with Crippen LogP contribution in [0.4, 0.5) is 0 Å². The molecule has 1 aliphatic heterocycles. The van der Waals surface area contributed by atoms with E-state index in [1.165, 1.54) is 5.56 Å². The molecule has 1 amide bonds. The summed E-state index contributed by atoms with van der Waals surface area (Å²) in [6.07, 6.45) is 2.62. The first-order chi connectivity index (χ1) is 8.16. The standard InChI is InChI=1S/C13H13NO3/c15-12(5-6-13(16)17)14-8-7-10-3-1-2-4-11(10)9-14/h1-6H,7-9H2,(H,16,17)/p-1/b6-5+. The molecular formula is C13H12NO3-. The molecule has 0 saturated heterocycles. The highest BCUT2D eigenvalue weighted by Crippen LogP contribution is 2.18. The van der Waals surface area contributed by atoms with Crippen LogP contribution in [0.15, 0.2) is 36.4 Å². The fraction of sp³-hybridized carbons (Fsp3) is 0.231. The highest BCUT2D eigenvalue weighted by molar-refractivity contribution is 5.93. The molecule has 0 radical (unpaired) electrons. The molecule has 4 nitrogen and oxygen atoms in total. The Bertz CT molecular complexity index is 479. The Kier molecular flexibility index (Phi) is 3.23. The molecule has 0 saturated carbocycles. The SMILES string of the molecule is O=C([O-])/C=C/C(=O)N1CCc2ccccc2C1. The number of rotatable bonds is 2. The van der Waals surface area contributed by atoms with E-state index in [9.17, 15) is 14.7 Å². The summed E-state index contributed by atoms with van der Waals surface area (Å²) in [4.78, 5) is 23.5. The Morgan fingerprint density at radius 3 is 2.59 bits per heavy atom. The van der Waals surface area contributed by atoms with Crippen LogP contribution in [0.2, 0.25) is 0 Å². The average molecular weight is 230 g/mol. The molecule has 0 fully saturated rings. The van der Waals surface area contributed by atoms with Crippen LogP contribution < -0.4 is 5.11 Å². The number of carboxylic acids is 1. The Morgan fingerprint density at radius 2 is 1.88 bits per heavy atom. The molecule has 1 aromatic rings. The number of hydrogen-bond donors (Lipinski definition) is 0. The summed E-state index contributed by atoms with van der Waals surface area (Å²) in [5.41, 5.74) is 2.37. The van der Waals surface area contributed by atoms with Gasteiger partial charge in [0.05, 0.1) is 5.97 Å². The van der Waals surface area contributed by atoms with Crippen LogP contribution in [0, 0.1) is 0 Å². The lowest BCUT2D eigenvalue weighted by Gasteiger charge is -2.27. The third-order valence-corrected chi connectivity index (χ3v) is 2.80. The van der Waals surface area contributed by atoms with Crippen molar-refractivity contribution in [2.75, 3.05) is 6.54 Å². The summed E-state index contributed by atoms with van der Waals surface area (Å²) in [7, 11) is 0. The van der Waals surface area contributed by atoms with Crippen LogP contribution in [-0.2, 0) is 22.6 Å². The Hall–Kier alpha value is -2.10. The topological polar surface area (TPSA) is 60.4 Å². The molecule has 0 spiro atoms. The normalized spacial score (nSPS) is 14.7. The van der Waals surface area contributed by atoms with Crippen molar-refractivity contribution in [2.24, 2.45) is 0 Å². The maximum atomic E-state index is 11.7. The summed E-state index contributed by atoms with van der Waals surface area (Å²) in [5.74, 6) is -1.64. The van der Waals surface area contributed by atoms with Gasteiger partial charge in [0.25, 0.3) is 0 Å². The molecule has 4 heteroatoms. The number of hydrogen-bond acceptors (Lipinski definition) is 3. The van der Waals surface area contributed by atoms with Gasteiger partial charge >= 0.3 is 0 Å². The minimum atomic E-state index is -1.35. The number of nitrogens with zero attached hydrogens (tertiary/aromatic N) is 1. The Morgan fingerprint density at radius 1 is 1.18 bits per heavy atom. The minimum absolute atomic E-state index is 0.288. The Balaban J connectivity index is 2.07. The maximum Gasteiger partial charge on any atom is 0.246 e. The van der Waals surface area contributed by atoms with Gasteiger partial charge in [-0.3, -0.25) is 4.79 Å². The molecule has 0 bridgehead atoms. The number of carboxylic acid groups (broad SMARTS) is 1. The third kappa shape index (κ3) is 2.72. The van der Waals surface area contributed by atoms with Crippen molar-refractivity contribution in [3.63, 3.8) is 0 Å². The lowest BCUT2D eigenvalue weighted by atomic mass is 10.00. The van der Waals surface area contributed by atoms with Crippen LogP contribution in [0.1, 0.15) is 11.1 Å². The largest absolute Gasteiger partial charge is 0.545 e. The lowest BCUT2D eigenvalue weighted by molar-refractivity contribution is -0.297. The van der Waals surface area contributed by atoms with E-state index < -0.39 is 5.97 Å². The van der Waals surface area contributed by atoms with Gasteiger partial charge in [0.15, 0.2) is 0 Å². The molecule has 17 heavy (non-hydrogen) atoms. The zero-order valence-electron chi connectivity index (χ0n) is 9.26. The van der Waals surface area contributed by atoms with Crippen molar-refractivity contribution in [2.45, 2.75) is 13.0 Å². The summed E-state index contributed by atoms with van der Waals surface area (Å²) in [6.45, 7) is 1.15. The molecule has 0 aromatic heterocycles. The van der Waals surface area contributed by atoms with Crippen molar-refractivity contribution in [1.82, 2.24) is 4.90 Å². The van der Waals surface area contributed by atoms with Gasteiger partial charge in [-0.1, -0.05) is 24.3 Å². The van der Waals surface area contributed by atoms with E-state index in [1.807, 2.05) is 24.3 Å². The zero-order chi connectivity index (χ0) is 12.3. The van der Waals surface area contributed by atoms with Crippen LogP contribution in [0.25, 0.3) is 0 Å². The lowest BCUT2D eigenvalue weighted by Crippen LogP contribution is -2.35. The molecule has 2 rings (SSSR count). The third-order valence-electron chi connectivity index (χ3n) is 2.80. The number of carbonyl (C=O) groups excluding carboxylic acids is 2. The first-order valence-electron chi connectivity index (χ1n) is 5.41. The molecule has 88 valence electrons. The van der Waals surface area contributed by atoms with Crippen molar-refractivity contribution in [3.05, 3.63) is 47.5 Å². The Labute approximate surface area is 99.2 Å². The molecular weight excluding hydrogens is 218 g/mol. The molecule has 0 unspecified atom stereocenters. The monoisotopic (exact) mass is 230 g/mol. The van der Waals surface area contributed by atoms with E-state index in [1.54, 1.807) is 4.90 Å². The number of benzene rings is 1. The van der Waals surface area contributed by atoms with Gasteiger partial charge < -0.3 is 14.8 Å². The fourth-order valence-corrected chi connectivity index (χ4v) is 1.93. The van der Waals surface area contributed by atoms with Crippen LogP contribution >= 0.6 is 0 Å². The van der Waals surface area contributed by atoms with E-state index in [0.717, 1.165) is 24.1 Å². The van der Waals surface area contributed by atoms with Gasteiger partial charge in [-0.15, -0.1) is 0 Å². The predicted molar refractivity (Wildman–Crippen MR) is 59.7 cm³/mol. The number of carbonyl (C=O) groups is 2. The van der Waals surface area contributed by atoms with Gasteiger partial charge in [-0.05, 0) is 23.6 Å². The van der Waals surface area contributed by atoms with Crippen molar-refractivity contribution in [3.8, 4) is 0 Å². The second-order valence-electron chi connectivity index (χ2n) is 3.93. The molecule has 0 atom stereocenters. The summed E-state index contributed by atoms with van der Waals surface area (Å²) in [6, 6.07) is 7.95. The van der Waals surface area contributed by atoms with Gasteiger partial charge in [-0.2, -0.15) is 0 Å². The van der Waals surface area contributed by atoms with E-state index in [2.05, 4.69) is 0 Å². The first-order valence-corrected chi connectivity index (χ1v) is 5.41. The number of fused-ring (bicyclic) bond motifs is 1. The molecule has 0 aliphatic carbocycles. The van der Waals surface area contributed by atoms with E-state index in [-0.39, 0.29) is 5.91 Å². The molecule has 1 aromatic carbocycles. The smallest absolute Gasteiger partial charge is 0.246 e. The van der Waals surface area contributed by atoms with E-state index in [4.69, 9.17) is 0 Å². The summed E-state index contributed by atoms with van der Waals surface area (Å²) < 4.78 is 0. The van der Waals surface area contributed by atoms with Gasteiger partial charge in [0.2, 0.25) is 5.91 Å². The predicted octanol–water partition coefficient (Wildman–Crippen LogP) is -0.123. The molecule has 0 N–H and O–H groups in total. The van der Waals surface area contributed by atoms with Crippen molar-refractivity contribution >= 4 is 11.9 Å². The minimum Gasteiger partial charge on any atom is -0.545 e. The second kappa shape index (κ2) is 4.82. The quantitative estimate of drug-likeness (QED) is 0.665. The zero-order valence-corrected chi connectivity index (χ0v) is 9.26. The van der Waals surface area contributed by atoms with Crippen LogP contribution in [-0.4, -0.2) is 23.3 Å². The van der Waals surface area contributed by atoms with Crippen molar-refractivity contribution < 1.29 is 14.7 Å². The summed E-state index contributed by atoms with van der Waals surface area (Å²) >= 11 is 0. The van der Waals surface area contributed by atoms with Crippen molar-refractivity contribution in [1.29, 1.82) is 0 Å². The van der Waals surface area contributed by atoms with E-state index in [0.29, 0.717) is 13.1 Å². The second-order valence-corrected chi connectivity index (χ2v) is 3.93. The van der Waals surface area contributed by atoms with E-state index >= 15 is 0 Å².